The number of hydrogen-bond acceptors (Lipinski definition) is 3. The van der Waals surface area contributed by atoms with Gasteiger partial charge in [-0.3, -0.25) is 9.69 Å². The Bertz CT molecular complexity index is 273. The molecule has 0 aromatic rings. The van der Waals surface area contributed by atoms with Crippen LogP contribution in [-0.4, -0.2) is 47.7 Å². The molecule has 1 unspecified atom stereocenters. The fourth-order valence-electron chi connectivity index (χ4n) is 2.91. The lowest BCUT2D eigenvalue weighted by molar-refractivity contribution is -0.123. The lowest BCUT2D eigenvalue weighted by atomic mass is 10.0. The lowest BCUT2D eigenvalue weighted by Gasteiger charge is -2.21. The fourth-order valence-corrected chi connectivity index (χ4v) is 2.91. The second-order valence-electron chi connectivity index (χ2n) is 5.71. The van der Waals surface area contributed by atoms with Gasteiger partial charge in [0.25, 0.3) is 0 Å². The smallest absolute Gasteiger partial charge is 0.234 e. The van der Waals surface area contributed by atoms with Gasteiger partial charge in [0.05, 0.1) is 12.6 Å². The Balaban J connectivity index is 1.64. The summed E-state index contributed by atoms with van der Waals surface area (Å²) in [5.74, 6) is 0.455. The molecule has 0 radical (unpaired) electrons. The monoisotopic (exact) mass is 254 g/mol. The van der Waals surface area contributed by atoms with Crippen molar-refractivity contribution in [3.8, 4) is 0 Å². The zero-order valence-corrected chi connectivity index (χ0v) is 11.4. The van der Waals surface area contributed by atoms with Crippen LogP contribution in [-0.2, 0) is 4.79 Å². The Labute approximate surface area is 110 Å². The predicted molar refractivity (Wildman–Crippen MR) is 71.2 cm³/mol. The summed E-state index contributed by atoms with van der Waals surface area (Å²) in [5, 5.41) is 12.9. The van der Waals surface area contributed by atoms with E-state index in [4.69, 9.17) is 0 Å². The van der Waals surface area contributed by atoms with Gasteiger partial charge in [-0.05, 0) is 38.1 Å². The minimum absolute atomic E-state index is 0.0563. The van der Waals surface area contributed by atoms with E-state index in [1.165, 1.54) is 25.7 Å². The minimum Gasteiger partial charge on any atom is -0.391 e. The molecule has 18 heavy (non-hydrogen) atoms. The maximum atomic E-state index is 11.8. The third-order valence-electron chi connectivity index (χ3n) is 4.27. The molecule has 0 aromatic carbocycles. The minimum atomic E-state index is -0.354. The summed E-state index contributed by atoms with van der Waals surface area (Å²) in [6, 6.07) is 0.625. The number of nitrogens with zero attached hydrogens (tertiary/aromatic N) is 1. The van der Waals surface area contributed by atoms with Crippen molar-refractivity contribution in [3.05, 3.63) is 0 Å². The highest BCUT2D eigenvalue weighted by molar-refractivity contribution is 5.78. The molecule has 2 N–H and O–H groups in total. The van der Waals surface area contributed by atoms with E-state index in [9.17, 15) is 9.90 Å². The standard InChI is InChI=1S/C14H26N2O2/c1-2-16(12-7-8-12)10-14(18)15-9-13(17)11-5-3-4-6-11/h11-13,17H,2-10H2,1H3,(H,15,18). The molecule has 1 atom stereocenters. The Morgan fingerprint density at radius 3 is 2.56 bits per heavy atom. The highest BCUT2D eigenvalue weighted by Crippen LogP contribution is 2.27. The van der Waals surface area contributed by atoms with Crippen molar-refractivity contribution < 1.29 is 9.90 Å². The third-order valence-corrected chi connectivity index (χ3v) is 4.27. The van der Waals surface area contributed by atoms with Crippen LogP contribution in [0.4, 0.5) is 0 Å². The van der Waals surface area contributed by atoms with Gasteiger partial charge < -0.3 is 10.4 Å². The summed E-state index contributed by atoms with van der Waals surface area (Å²) in [6.45, 7) is 3.94. The van der Waals surface area contributed by atoms with Gasteiger partial charge in [-0.2, -0.15) is 0 Å². The summed E-state index contributed by atoms with van der Waals surface area (Å²) in [7, 11) is 0. The van der Waals surface area contributed by atoms with E-state index in [2.05, 4.69) is 17.1 Å². The number of nitrogens with one attached hydrogen (secondary N) is 1. The number of aliphatic hydroxyl groups excluding tert-OH is 1. The van der Waals surface area contributed by atoms with E-state index >= 15 is 0 Å². The summed E-state index contributed by atoms with van der Waals surface area (Å²) in [4.78, 5) is 14.0. The number of rotatable bonds is 7. The van der Waals surface area contributed by atoms with E-state index < -0.39 is 0 Å². The quantitative estimate of drug-likeness (QED) is 0.716. The molecule has 4 nitrogen and oxygen atoms in total. The molecule has 2 aliphatic rings. The molecule has 4 heteroatoms. The fraction of sp³-hybridized carbons (Fsp3) is 0.929. The van der Waals surface area contributed by atoms with Gasteiger partial charge in [0.1, 0.15) is 0 Å². The van der Waals surface area contributed by atoms with Gasteiger partial charge in [-0.15, -0.1) is 0 Å². The van der Waals surface area contributed by atoms with Gasteiger partial charge in [0.15, 0.2) is 0 Å². The summed E-state index contributed by atoms with van der Waals surface area (Å²) in [5.41, 5.74) is 0. The molecule has 1 amide bonds. The van der Waals surface area contributed by atoms with Crippen LogP contribution < -0.4 is 5.32 Å². The van der Waals surface area contributed by atoms with Crippen LogP contribution in [0.3, 0.4) is 0 Å². The van der Waals surface area contributed by atoms with Gasteiger partial charge in [-0.25, -0.2) is 0 Å². The molecular formula is C14H26N2O2. The normalized spacial score (nSPS) is 22.4. The van der Waals surface area contributed by atoms with Crippen molar-refractivity contribution in [1.29, 1.82) is 0 Å². The second-order valence-corrected chi connectivity index (χ2v) is 5.71. The lowest BCUT2D eigenvalue weighted by Crippen LogP contribution is -2.42. The number of hydrogen-bond donors (Lipinski definition) is 2. The van der Waals surface area contributed by atoms with Crippen molar-refractivity contribution in [3.63, 3.8) is 0 Å². The molecule has 0 aromatic heterocycles. The van der Waals surface area contributed by atoms with Crippen LogP contribution in [0, 0.1) is 5.92 Å². The van der Waals surface area contributed by atoms with E-state index in [0.717, 1.165) is 19.4 Å². The van der Waals surface area contributed by atoms with Crippen LogP contribution in [0.15, 0.2) is 0 Å². The highest BCUT2D eigenvalue weighted by Gasteiger charge is 2.29. The zero-order chi connectivity index (χ0) is 13.0. The first-order chi connectivity index (χ1) is 8.70. The average Bonchev–Trinajstić information content (AvgIpc) is 3.07. The molecule has 2 fully saturated rings. The Morgan fingerprint density at radius 1 is 1.33 bits per heavy atom. The molecule has 0 aliphatic heterocycles. The number of aliphatic hydroxyl groups is 1. The highest BCUT2D eigenvalue weighted by atomic mass is 16.3. The number of amides is 1. The molecule has 2 rings (SSSR count). The molecule has 0 spiro atoms. The summed E-state index contributed by atoms with van der Waals surface area (Å²) in [6.07, 6.45) is 6.77. The maximum absolute atomic E-state index is 11.8. The molecule has 0 bridgehead atoms. The van der Waals surface area contributed by atoms with Crippen molar-refractivity contribution in [2.75, 3.05) is 19.6 Å². The maximum Gasteiger partial charge on any atom is 0.234 e. The van der Waals surface area contributed by atoms with Crippen molar-refractivity contribution in [2.24, 2.45) is 5.92 Å². The number of likely N-dealkylation sites (N-methyl/N-ethyl adjacent to an activating group) is 1. The van der Waals surface area contributed by atoms with Crippen LogP contribution in [0.25, 0.3) is 0 Å². The van der Waals surface area contributed by atoms with Crippen LogP contribution in [0.5, 0.6) is 0 Å². The van der Waals surface area contributed by atoms with Crippen molar-refractivity contribution in [1.82, 2.24) is 10.2 Å². The SMILES string of the molecule is CCN(CC(=O)NCC(O)C1CCCC1)C1CC1. The van der Waals surface area contributed by atoms with E-state index in [1.54, 1.807) is 0 Å². The zero-order valence-electron chi connectivity index (χ0n) is 11.4. The Hall–Kier alpha value is -0.610. The molecule has 2 saturated carbocycles. The first-order valence-electron chi connectivity index (χ1n) is 7.39. The van der Waals surface area contributed by atoms with Crippen LogP contribution >= 0.6 is 0 Å². The topological polar surface area (TPSA) is 52.6 Å². The van der Waals surface area contributed by atoms with Crippen LogP contribution in [0.2, 0.25) is 0 Å². The van der Waals surface area contributed by atoms with E-state index in [0.29, 0.717) is 25.0 Å². The first kappa shape index (κ1) is 13.8. The Morgan fingerprint density at radius 2 is 2.00 bits per heavy atom. The van der Waals surface area contributed by atoms with E-state index in [1.807, 2.05) is 0 Å². The molecule has 0 heterocycles. The first-order valence-corrected chi connectivity index (χ1v) is 7.39. The van der Waals surface area contributed by atoms with Gasteiger partial charge in [-0.1, -0.05) is 19.8 Å². The molecule has 0 saturated heterocycles. The van der Waals surface area contributed by atoms with Gasteiger partial charge in [0, 0.05) is 12.6 Å². The van der Waals surface area contributed by atoms with Gasteiger partial charge in [0.2, 0.25) is 5.91 Å². The number of carbonyl (C=O) groups is 1. The molecule has 2 aliphatic carbocycles. The predicted octanol–water partition coefficient (Wildman–Crippen LogP) is 1.14. The van der Waals surface area contributed by atoms with Crippen LogP contribution in [0.1, 0.15) is 45.4 Å². The molecule has 104 valence electrons. The second kappa shape index (κ2) is 6.53. The molecular weight excluding hydrogens is 228 g/mol. The van der Waals surface area contributed by atoms with Gasteiger partial charge >= 0.3 is 0 Å². The Kier molecular flexibility index (Phi) is 5.01. The number of carbonyl (C=O) groups excluding carboxylic acids is 1. The summed E-state index contributed by atoms with van der Waals surface area (Å²) < 4.78 is 0. The van der Waals surface area contributed by atoms with Crippen molar-refractivity contribution >= 4 is 5.91 Å². The summed E-state index contributed by atoms with van der Waals surface area (Å²) >= 11 is 0. The average molecular weight is 254 g/mol. The van der Waals surface area contributed by atoms with E-state index in [-0.39, 0.29) is 12.0 Å². The largest absolute Gasteiger partial charge is 0.391 e. The third kappa shape index (κ3) is 3.95. The van der Waals surface area contributed by atoms with Crippen molar-refractivity contribution in [2.45, 2.75) is 57.6 Å².